The lowest BCUT2D eigenvalue weighted by Gasteiger charge is -2.08. The largest absolute Gasteiger partial charge is 0.309 e. The molecule has 7 heteroatoms. The molecule has 1 aromatic carbocycles. The summed E-state index contributed by atoms with van der Waals surface area (Å²) in [5, 5.41) is 7.45. The number of aryl methyl sites for hydroxylation is 2. The van der Waals surface area contributed by atoms with Crippen LogP contribution >= 0.6 is 0 Å². The monoisotopic (exact) mass is 320 g/mol. The van der Waals surface area contributed by atoms with E-state index in [2.05, 4.69) is 27.3 Å². The van der Waals surface area contributed by atoms with E-state index in [0.717, 1.165) is 18.7 Å². The molecule has 0 spiro atoms. The van der Waals surface area contributed by atoms with Gasteiger partial charge in [-0.3, -0.25) is 4.68 Å². The summed E-state index contributed by atoms with van der Waals surface area (Å²) in [5.74, 6) is 0. The maximum absolute atomic E-state index is 12.5. The van der Waals surface area contributed by atoms with Crippen LogP contribution in [0.15, 0.2) is 23.1 Å². The molecule has 0 bridgehead atoms. The van der Waals surface area contributed by atoms with Gasteiger partial charge in [-0.25, -0.2) is 13.1 Å². The fraction of sp³-hybridized carbons (Fsp3) is 0.400. The molecule has 0 atom stereocenters. The summed E-state index contributed by atoms with van der Waals surface area (Å²) >= 11 is 0. The predicted octanol–water partition coefficient (Wildman–Crippen LogP) is 1.12. The average molecular weight is 320 g/mol. The van der Waals surface area contributed by atoms with Gasteiger partial charge >= 0.3 is 0 Å². The molecule has 0 saturated carbocycles. The second-order valence-electron chi connectivity index (χ2n) is 5.65. The topological polar surface area (TPSA) is 76.0 Å². The third-order valence-corrected chi connectivity index (χ3v) is 5.73. The van der Waals surface area contributed by atoms with E-state index in [1.807, 2.05) is 6.07 Å². The van der Waals surface area contributed by atoms with Crippen molar-refractivity contribution in [3.63, 3.8) is 0 Å². The van der Waals surface area contributed by atoms with E-state index in [4.69, 9.17) is 0 Å². The lowest BCUT2D eigenvalue weighted by atomic mass is 10.1. The molecule has 3 rings (SSSR count). The summed E-state index contributed by atoms with van der Waals surface area (Å²) in [6.07, 6.45) is 0. The van der Waals surface area contributed by atoms with Crippen molar-refractivity contribution in [2.45, 2.75) is 38.4 Å². The molecule has 1 aromatic heterocycles. The first-order chi connectivity index (χ1) is 10.4. The summed E-state index contributed by atoms with van der Waals surface area (Å²) < 4.78 is 29.3. The molecule has 0 aliphatic carbocycles. The Morgan fingerprint density at radius 2 is 2.00 bits per heavy atom. The molecular weight excluding hydrogens is 300 g/mol. The number of sulfonamides is 1. The molecule has 2 N–H and O–H groups in total. The van der Waals surface area contributed by atoms with Gasteiger partial charge < -0.3 is 5.32 Å². The zero-order chi connectivity index (χ0) is 15.9. The molecule has 0 radical (unpaired) electrons. The summed E-state index contributed by atoms with van der Waals surface area (Å²) in [6, 6.07) is 6.08. The Morgan fingerprint density at radius 1 is 1.27 bits per heavy atom. The van der Waals surface area contributed by atoms with Gasteiger partial charge in [-0.05, 0) is 30.5 Å². The minimum absolute atomic E-state index is 0.276. The summed E-state index contributed by atoms with van der Waals surface area (Å²) in [7, 11) is -1.82. The van der Waals surface area contributed by atoms with E-state index in [9.17, 15) is 8.42 Å². The van der Waals surface area contributed by atoms with Crippen LogP contribution in [0.2, 0.25) is 0 Å². The molecule has 0 amide bonds. The van der Waals surface area contributed by atoms with Crippen LogP contribution in [0.4, 0.5) is 0 Å². The fourth-order valence-corrected chi connectivity index (χ4v) is 4.30. The molecular formula is C15H20N4O2S. The van der Waals surface area contributed by atoms with Crippen molar-refractivity contribution in [1.29, 1.82) is 0 Å². The molecule has 0 saturated heterocycles. The van der Waals surface area contributed by atoms with Crippen LogP contribution < -0.4 is 10.0 Å². The third kappa shape index (κ3) is 2.67. The first-order valence-electron chi connectivity index (χ1n) is 7.20. The Balaban J connectivity index is 1.80. The van der Waals surface area contributed by atoms with Crippen molar-refractivity contribution < 1.29 is 8.42 Å². The number of rotatable bonds is 4. The van der Waals surface area contributed by atoms with Crippen molar-refractivity contribution >= 4 is 10.0 Å². The smallest absolute Gasteiger partial charge is 0.244 e. The van der Waals surface area contributed by atoms with Crippen molar-refractivity contribution in [3.8, 4) is 0 Å². The van der Waals surface area contributed by atoms with E-state index in [1.165, 1.54) is 11.1 Å². The SMILES string of the molecule is Cc1nn(C)c(C)c1S(=O)(=O)NCc1ccc2c(c1)CNC2. The molecule has 6 nitrogen and oxygen atoms in total. The van der Waals surface area contributed by atoms with Crippen molar-refractivity contribution in [3.05, 3.63) is 46.3 Å². The quantitative estimate of drug-likeness (QED) is 0.885. The first kappa shape index (κ1) is 15.2. The number of aromatic nitrogens is 2. The Kier molecular flexibility index (Phi) is 3.80. The van der Waals surface area contributed by atoms with Crippen molar-refractivity contribution in [2.75, 3.05) is 0 Å². The van der Waals surface area contributed by atoms with Gasteiger partial charge in [0.05, 0.1) is 11.4 Å². The van der Waals surface area contributed by atoms with Gasteiger partial charge in [-0.2, -0.15) is 5.10 Å². The zero-order valence-corrected chi connectivity index (χ0v) is 13.8. The summed E-state index contributed by atoms with van der Waals surface area (Å²) in [4.78, 5) is 0.276. The maximum Gasteiger partial charge on any atom is 0.244 e. The second-order valence-corrected chi connectivity index (χ2v) is 7.36. The standard InChI is InChI=1S/C15H20N4O2S/c1-10-15(11(2)19(3)18-10)22(20,21)17-7-12-4-5-13-8-16-9-14(13)6-12/h4-6,16-17H,7-9H2,1-3H3. The van der Waals surface area contributed by atoms with Gasteiger partial charge in [0.2, 0.25) is 10.0 Å². The van der Waals surface area contributed by atoms with Crippen LogP contribution in [-0.4, -0.2) is 18.2 Å². The molecule has 22 heavy (non-hydrogen) atoms. The Hall–Kier alpha value is -1.70. The highest BCUT2D eigenvalue weighted by molar-refractivity contribution is 7.89. The van der Waals surface area contributed by atoms with Crippen LogP contribution in [0.3, 0.4) is 0 Å². The van der Waals surface area contributed by atoms with Gasteiger partial charge in [0, 0.05) is 26.7 Å². The average Bonchev–Trinajstić information content (AvgIpc) is 3.01. The minimum atomic E-state index is -3.56. The summed E-state index contributed by atoms with van der Waals surface area (Å²) in [5.41, 5.74) is 4.65. The number of hydrogen-bond acceptors (Lipinski definition) is 4. The van der Waals surface area contributed by atoms with E-state index >= 15 is 0 Å². The highest BCUT2D eigenvalue weighted by atomic mass is 32.2. The van der Waals surface area contributed by atoms with Crippen molar-refractivity contribution in [1.82, 2.24) is 19.8 Å². The lowest BCUT2D eigenvalue weighted by molar-refractivity contribution is 0.579. The van der Waals surface area contributed by atoms with Gasteiger partial charge in [-0.1, -0.05) is 18.2 Å². The summed E-state index contributed by atoms with van der Waals surface area (Å²) in [6.45, 7) is 5.48. The van der Waals surface area contributed by atoms with E-state index in [0.29, 0.717) is 11.4 Å². The number of nitrogens with zero attached hydrogens (tertiary/aromatic N) is 2. The van der Waals surface area contributed by atoms with E-state index < -0.39 is 10.0 Å². The highest BCUT2D eigenvalue weighted by Crippen LogP contribution is 2.20. The maximum atomic E-state index is 12.5. The Labute approximate surface area is 130 Å². The number of fused-ring (bicyclic) bond motifs is 1. The van der Waals surface area contributed by atoms with Crippen LogP contribution in [0.5, 0.6) is 0 Å². The fourth-order valence-electron chi connectivity index (χ4n) is 2.85. The van der Waals surface area contributed by atoms with Crippen LogP contribution in [0.25, 0.3) is 0 Å². The molecule has 1 aliphatic rings. The van der Waals surface area contributed by atoms with E-state index in [-0.39, 0.29) is 11.4 Å². The number of nitrogens with one attached hydrogen (secondary N) is 2. The van der Waals surface area contributed by atoms with Gasteiger partial charge in [0.25, 0.3) is 0 Å². The normalized spacial score (nSPS) is 14.3. The molecule has 2 heterocycles. The zero-order valence-electron chi connectivity index (χ0n) is 13.0. The number of hydrogen-bond donors (Lipinski definition) is 2. The van der Waals surface area contributed by atoms with E-state index in [1.54, 1.807) is 25.6 Å². The Bertz CT molecular complexity index is 824. The molecule has 118 valence electrons. The predicted molar refractivity (Wildman–Crippen MR) is 83.7 cm³/mol. The molecule has 1 aliphatic heterocycles. The molecule has 0 fully saturated rings. The van der Waals surface area contributed by atoms with Crippen LogP contribution in [0, 0.1) is 13.8 Å². The highest BCUT2D eigenvalue weighted by Gasteiger charge is 2.23. The molecule has 2 aromatic rings. The van der Waals surface area contributed by atoms with Gasteiger partial charge in [0.1, 0.15) is 4.90 Å². The second kappa shape index (κ2) is 5.49. The van der Waals surface area contributed by atoms with Crippen LogP contribution in [-0.2, 0) is 36.7 Å². The Morgan fingerprint density at radius 3 is 2.68 bits per heavy atom. The number of benzene rings is 1. The lowest BCUT2D eigenvalue weighted by Crippen LogP contribution is -2.24. The van der Waals surface area contributed by atoms with Crippen LogP contribution in [0.1, 0.15) is 28.1 Å². The molecule has 0 unspecified atom stereocenters. The third-order valence-electron chi connectivity index (χ3n) is 4.08. The van der Waals surface area contributed by atoms with Crippen molar-refractivity contribution in [2.24, 2.45) is 7.05 Å². The van der Waals surface area contributed by atoms with Gasteiger partial charge in [0.15, 0.2) is 0 Å². The minimum Gasteiger partial charge on any atom is -0.309 e. The first-order valence-corrected chi connectivity index (χ1v) is 8.68. The van der Waals surface area contributed by atoms with Gasteiger partial charge in [-0.15, -0.1) is 0 Å².